The second kappa shape index (κ2) is 7.60. The Balaban J connectivity index is 1.64. The van der Waals surface area contributed by atoms with Gasteiger partial charge in [-0.25, -0.2) is 4.98 Å². The van der Waals surface area contributed by atoms with Gasteiger partial charge in [-0.1, -0.05) is 28.8 Å². The monoisotopic (exact) mass is 406 g/mol. The van der Waals surface area contributed by atoms with Gasteiger partial charge < -0.3 is 14.5 Å². The van der Waals surface area contributed by atoms with Crippen LogP contribution in [0.15, 0.2) is 59.0 Å². The van der Waals surface area contributed by atoms with Crippen molar-refractivity contribution in [1.29, 1.82) is 0 Å². The lowest BCUT2D eigenvalue weighted by molar-refractivity contribution is 0.102. The standard InChI is InChI=1S/C23H19ClN2O3/c1-13-8-14(2)10-15(9-13)23-26-19-12-17(5-7-21(19)29-23)25-22(27)18-11-16(24)4-6-20(18)28-3/h4-12H,1-3H3,(H,25,27). The van der Waals surface area contributed by atoms with Gasteiger partial charge in [0.2, 0.25) is 5.89 Å². The SMILES string of the molecule is COc1ccc(Cl)cc1C(=O)Nc1ccc2oc(-c3cc(C)cc(C)c3)nc2c1. The fraction of sp³-hybridized carbons (Fsp3) is 0.130. The predicted octanol–water partition coefficient (Wildman–Crippen LogP) is 6.03. The average molecular weight is 407 g/mol. The molecule has 29 heavy (non-hydrogen) atoms. The maximum atomic E-state index is 12.7. The van der Waals surface area contributed by atoms with Crippen LogP contribution in [0.25, 0.3) is 22.6 Å². The Labute approximate surface area is 173 Å². The second-order valence-corrected chi connectivity index (χ2v) is 7.31. The fourth-order valence-corrected chi connectivity index (χ4v) is 3.45. The van der Waals surface area contributed by atoms with Crippen molar-refractivity contribution in [2.45, 2.75) is 13.8 Å². The first kappa shape index (κ1) is 19.0. The van der Waals surface area contributed by atoms with Gasteiger partial charge in [0.1, 0.15) is 11.3 Å². The van der Waals surface area contributed by atoms with E-state index in [4.69, 9.17) is 20.8 Å². The number of halogens is 1. The Morgan fingerprint density at radius 1 is 1.03 bits per heavy atom. The van der Waals surface area contributed by atoms with Crippen LogP contribution in [0.2, 0.25) is 5.02 Å². The molecule has 0 aliphatic rings. The van der Waals surface area contributed by atoms with E-state index in [0.29, 0.717) is 39.0 Å². The predicted molar refractivity (Wildman–Crippen MR) is 115 cm³/mol. The van der Waals surface area contributed by atoms with Crippen molar-refractivity contribution in [3.8, 4) is 17.2 Å². The summed E-state index contributed by atoms with van der Waals surface area (Å²) in [6.07, 6.45) is 0. The lowest BCUT2D eigenvalue weighted by Gasteiger charge is -2.09. The summed E-state index contributed by atoms with van der Waals surface area (Å²) in [5, 5.41) is 3.32. The first-order chi connectivity index (χ1) is 13.9. The molecule has 146 valence electrons. The number of benzene rings is 3. The highest BCUT2D eigenvalue weighted by Gasteiger charge is 2.15. The number of carbonyl (C=O) groups excluding carboxylic acids is 1. The van der Waals surface area contributed by atoms with Gasteiger partial charge in [-0.15, -0.1) is 0 Å². The molecule has 0 saturated carbocycles. The van der Waals surface area contributed by atoms with E-state index < -0.39 is 0 Å². The lowest BCUT2D eigenvalue weighted by atomic mass is 10.1. The van der Waals surface area contributed by atoms with Gasteiger partial charge in [0.25, 0.3) is 5.91 Å². The number of oxazole rings is 1. The maximum absolute atomic E-state index is 12.7. The molecule has 1 amide bonds. The Bertz CT molecular complexity index is 1210. The maximum Gasteiger partial charge on any atom is 0.259 e. The summed E-state index contributed by atoms with van der Waals surface area (Å²) in [6, 6.07) is 16.4. The number of methoxy groups -OCH3 is 1. The molecular formula is C23H19ClN2O3. The summed E-state index contributed by atoms with van der Waals surface area (Å²) in [4.78, 5) is 17.3. The summed E-state index contributed by atoms with van der Waals surface area (Å²) in [5.74, 6) is 0.681. The number of nitrogens with one attached hydrogen (secondary N) is 1. The molecule has 0 atom stereocenters. The van der Waals surface area contributed by atoms with E-state index in [2.05, 4.69) is 16.4 Å². The molecule has 1 N–H and O–H groups in total. The Kier molecular flexibility index (Phi) is 4.99. The van der Waals surface area contributed by atoms with Gasteiger partial charge in [-0.2, -0.15) is 0 Å². The number of anilines is 1. The van der Waals surface area contributed by atoms with Gasteiger partial charge in [0.15, 0.2) is 5.58 Å². The van der Waals surface area contributed by atoms with E-state index in [9.17, 15) is 4.79 Å². The molecule has 4 aromatic rings. The van der Waals surface area contributed by atoms with Gasteiger partial charge in [0.05, 0.1) is 12.7 Å². The number of hydrogen-bond donors (Lipinski definition) is 1. The largest absolute Gasteiger partial charge is 0.496 e. The molecule has 4 rings (SSSR count). The van der Waals surface area contributed by atoms with Crippen LogP contribution in [0.5, 0.6) is 5.75 Å². The summed E-state index contributed by atoms with van der Waals surface area (Å²) in [7, 11) is 1.51. The third kappa shape index (κ3) is 3.96. The Morgan fingerprint density at radius 2 is 1.79 bits per heavy atom. The number of rotatable bonds is 4. The first-order valence-electron chi connectivity index (χ1n) is 9.07. The van der Waals surface area contributed by atoms with Gasteiger partial charge in [0, 0.05) is 16.3 Å². The van der Waals surface area contributed by atoms with Gasteiger partial charge in [-0.3, -0.25) is 4.79 Å². The van der Waals surface area contributed by atoms with Crippen LogP contribution in [0.4, 0.5) is 5.69 Å². The number of hydrogen-bond acceptors (Lipinski definition) is 4. The molecule has 1 heterocycles. The Morgan fingerprint density at radius 3 is 2.52 bits per heavy atom. The minimum atomic E-state index is -0.318. The van der Waals surface area contributed by atoms with Crippen LogP contribution in [0, 0.1) is 13.8 Å². The number of aryl methyl sites for hydroxylation is 2. The van der Waals surface area contributed by atoms with Crippen LogP contribution in [0.1, 0.15) is 21.5 Å². The van der Waals surface area contributed by atoms with Crippen molar-refractivity contribution in [2.24, 2.45) is 0 Å². The van der Waals surface area contributed by atoms with Crippen LogP contribution in [0.3, 0.4) is 0 Å². The number of ether oxygens (including phenoxy) is 1. The quantitative estimate of drug-likeness (QED) is 0.449. The molecule has 0 aliphatic heterocycles. The molecule has 0 saturated heterocycles. The number of fused-ring (bicyclic) bond motifs is 1. The van der Waals surface area contributed by atoms with E-state index in [1.54, 1.807) is 36.4 Å². The van der Waals surface area contributed by atoms with E-state index >= 15 is 0 Å². The third-order valence-electron chi connectivity index (χ3n) is 4.52. The summed E-state index contributed by atoms with van der Waals surface area (Å²) in [5.41, 5.74) is 5.48. The molecule has 0 unspecified atom stereocenters. The first-order valence-corrected chi connectivity index (χ1v) is 9.45. The van der Waals surface area contributed by atoms with Crippen LogP contribution in [-0.2, 0) is 0 Å². The molecule has 0 fully saturated rings. The van der Waals surface area contributed by atoms with Crippen LogP contribution >= 0.6 is 11.6 Å². The summed E-state index contributed by atoms with van der Waals surface area (Å²) < 4.78 is 11.2. The number of aromatic nitrogens is 1. The highest BCUT2D eigenvalue weighted by molar-refractivity contribution is 6.31. The molecule has 0 aliphatic carbocycles. The molecule has 0 bridgehead atoms. The molecule has 3 aromatic carbocycles. The fourth-order valence-electron chi connectivity index (χ4n) is 3.28. The van der Waals surface area contributed by atoms with Crippen molar-refractivity contribution >= 4 is 34.3 Å². The Hall–Kier alpha value is -3.31. The van der Waals surface area contributed by atoms with Crippen molar-refractivity contribution in [3.05, 3.63) is 76.3 Å². The number of amides is 1. The van der Waals surface area contributed by atoms with Gasteiger partial charge in [-0.05, 0) is 62.4 Å². The van der Waals surface area contributed by atoms with E-state index in [1.165, 1.54) is 7.11 Å². The van der Waals surface area contributed by atoms with Crippen molar-refractivity contribution in [1.82, 2.24) is 4.98 Å². The molecule has 6 heteroatoms. The molecule has 0 spiro atoms. The summed E-state index contributed by atoms with van der Waals surface area (Å²) in [6.45, 7) is 4.08. The van der Waals surface area contributed by atoms with Crippen LogP contribution in [-0.4, -0.2) is 18.0 Å². The zero-order valence-corrected chi connectivity index (χ0v) is 17.0. The highest BCUT2D eigenvalue weighted by atomic mass is 35.5. The van der Waals surface area contributed by atoms with Gasteiger partial charge >= 0.3 is 0 Å². The molecule has 0 radical (unpaired) electrons. The van der Waals surface area contributed by atoms with Crippen LogP contribution < -0.4 is 10.1 Å². The van der Waals surface area contributed by atoms with Crippen molar-refractivity contribution in [3.63, 3.8) is 0 Å². The minimum Gasteiger partial charge on any atom is -0.496 e. The highest BCUT2D eigenvalue weighted by Crippen LogP contribution is 2.28. The van der Waals surface area contributed by atoms with E-state index in [-0.39, 0.29) is 5.91 Å². The normalized spacial score (nSPS) is 10.9. The summed E-state index contributed by atoms with van der Waals surface area (Å²) >= 11 is 6.02. The van der Waals surface area contributed by atoms with E-state index in [1.807, 2.05) is 26.0 Å². The smallest absolute Gasteiger partial charge is 0.259 e. The topological polar surface area (TPSA) is 64.4 Å². The minimum absolute atomic E-state index is 0.318. The zero-order valence-electron chi connectivity index (χ0n) is 16.2. The zero-order chi connectivity index (χ0) is 20.5. The third-order valence-corrected chi connectivity index (χ3v) is 4.76. The number of nitrogens with zero attached hydrogens (tertiary/aromatic N) is 1. The molecule has 5 nitrogen and oxygen atoms in total. The number of carbonyl (C=O) groups is 1. The van der Waals surface area contributed by atoms with Crippen molar-refractivity contribution < 1.29 is 13.9 Å². The van der Waals surface area contributed by atoms with Crippen molar-refractivity contribution in [2.75, 3.05) is 12.4 Å². The lowest BCUT2D eigenvalue weighted by Crippen LogP contribution is -2.13. The van der Waals surface area contributed by atoms with E-state index in [0.717, 1.165) is 16.7 Å². The second-order valence-electron chi connectivity index (χ2n) is 6.88. The molecule has 1 aromatic heterocycles. The molecular weight excluding hydrogens is 388 g/mol. The average Bonchev–Trinajstić information content (AvgIpc) is 3.10.